The summed E-state index contributed by atoms with van der Waals surface area (Å²) in [6.45, 7) is 4.15. The second-order valence-corrected chi connectivity index (χ2v) is 8.32. The van der Waals surface area contributed by atoms with Crippen LogP contribution in [0.3, 0.4) is 0 Å². The van der Waals surface area contributed by atoms with E-state index in [1.807, 2.05) is 24.3 Å². The highest BCUT2D eigenvalue weighted by Crippen LogP contribution is 2.31. The molecule has 0 unspecified atom stereocenters. The van der Waals surface area contributed by atoms with Crippen LogP contribution in [0.15, 0.2) is 78.0 Å². The molecule has 0 spiro atoms. The number of benzene rings is 3. The summed E-state index contributed by atoms with van der Waals surface area (Å²) in [5, 5.41) is 10.3. The third-order valence-electron chi connectivity index (χ3n) is 4.57. The van der Waals surface area contributed by atoms with Gasteiger partial charge in [-0.3, -0.25) is 0 Å². The normalized spacial score (nSPS) is 10.9. The van der Waals surface area contributed by atoms with Gasteiger partial charge in [0, 0.05) is 21.9 Å². The summed E-state index contributed by atoms with van der Waals surface area (Å²) in [6.07, 6.45) is 0. The molecule has 5 heteroatoms. The first-order valence-electron chi connectivity index (χ1n) is 9.34. The average Bonchev–Trinajstić information content (AvgIpc) is 2.73. The van der Waals surface area contributed by atoms with E-state index in [4.69, 9.17) is 16.6 Å². The quantitative estimate of drug-likeness (QED) is 0.336. The summed E-state index contributed by atoms with van der Waals surface area (Å²) in [5.41, 5.74) is 7.23. The van der Waals surface area contributed by atoms with E-state index in [9.17, 15) is 0 Å². The van der Waals surface area contributed by atoms with Crippen LogP contribution in [0.1, 0.15) is 16.7 Å². The highest BCUT2D eigenvalue weighted by Gasteiger charge is 2.14. The van der Waals surface area contributed by atoms with Crippen molar-refractivity contribution in [1.29, 1.82) is 0 Å². The SMILES string of the molecule is Cc1ccc(-c2nnc(SCc3cccc(Cl)c3)nc2-c2ccc(C)cc2)cc1. The fraction of sp³-hybridized carbons (Fsp3) is 0.125. The minimum absolute atomic E-state index is 0.649. The minimum atomic E-state index is 0.649. The molecular weight excluding hydrogens is 398 g/mol. The van der Waals surface area contributed by atoms with Crippen LogP contribution in [0, 0.1) is 13.8 Å². The van der Waals surface area contributed by atoms with Crippen molar-refractivity contribution < 1.29 is 0 Å². The van der Waals surface area contributed by atoms with Gasteiger partial charge in [0.05, 0.1) is 0 Å². The Bertz CT molecular complexity index is 1130. The number of nitrogens with zero attached hydrogens (tertiary/aromatic N) is 3. The topological polar surface area (TPSA) is 38.7 Å². The minimum Gasteiger partial charge on any atom is -0.219 e. The average molecular weight is 418 g/mol. The standard InChI is InChI=1S/C24H20ClN3S/c1-16-6-10-19(11-7-16)22-23(20-12-8-17(2)9-13-20)27-28-24(26-22)29-15-18-4-3-5-21(25)14-18/h3-14H,15H2,1-2H3. The Kier molecular flexibility index (Phi) is 5.93. The van der Waals surface area contributed by atoms with Gasteiger partial charge in [-0.1, -0.05) is 95.2 Å². The molecule has 0 aliphatic rings. The molecule has 0 saturated heterocycles. The summed E-state index contributed by atoms with van der Waals surface area (Å²) in [6, 6.07) is 24.5. The zero-order valence-electron chi connectivity index (χ0n) is 16.3. The number of halogens is 1. The smallest absolute Gasteiger partial charge is 0.210 e. The maximum absolute atomic E-state index is 6.09. The van der Waals surface area contributed by atoms with E-state index in [1.54, 1.807) is 11.8 Å². The Hall–Kier alpha value is -2.69. The zero-order valence-corrected chi connectivity index (χ0v) is 17.8. The molecule has 3 aromatic carbocycles. The lowest BCUT2D eigenvalue weighted by molar-refractivity contribution is 0.850. The van der Waals surface area contributed by atoms with Crippen molar-refractivity contribution in [2.75, 3.05) is 0 Å². The van der Waals surface area contributed by atoms with E-state index in [2.05, 4.69) is 72.6 Å². The summed E-state index contributed by atoms with van der Waals surface area (Å²) in [4.78, 5) is 4.87. The summed E-state index contributed by atoms with van der Waals surface area (Å²) < 4.78 is 0. The fourth-order valence-electron chi connectivity index (χ4n) is 2.97. The molecular formula is C24H20ClN3S. The van der Waals surface area contributed by atoms with Crippen LogP contribution in [-0.2, 0) is 5.75 Å². The van der Waals surface area contributed by atoms with E-state index in [1.165, 1.54) is 11.1 Å². The van der Waals surface area contributed by atoms with Gasteiger partial charge in [0.15, 0.2) is 0 Å². The van der Waals surface area contributed by atoms with Gasteiger partial charge in [-0.05, 0) is 31.5 Å². The van der Waals surface area contributed by atoms with Gasteiger partial charge in [0.1, 0.15) is 11.4 Å². The Labute approximate surface area is 180 Å². The second kappa shape index (κ2) is 8.76. The summed E-state index contributed by atoms with van der Waals surface area (Å²) in [7, 11) is 0. The van der Waals surface area contributed by atoms with Crippen LogP contribution in [0.5, 0.6) is 0 Å². The fourth-order valence-corrected chi connectivity index (χ4v) is 3.91. The molecule has 4 rings (SSSR count). The predicted octanol–water partition coefficient (Wildman–Crippen LogP) is 6.77. The Morgan fingerprint density at radius 2 is 1.38 bits per heavy atom. The van der Waals surface area contributed by atoms with Crippen molar-refractivity contribution in [2.24, 2.45) is 0 Å². The van der Waals surface area contributed by atoms with Crippen molar-refractivity contribution in [2.45, 2.75) is 24.8 Å². The molecule has 0 fully saturated rings. The third kappa shape index (κ3) is 4.84. The molecule has 0 saturated carbocycles. The van der Waals surface area contributed by atoms with Gasteiger partial charge in [-0.2, -0.15) is 0 Å². The molecule has 29 heavy (non-hydrogen) atoms. The third-order valence-corrected chi connectivity index (χ3v) is 5.72. The zero-order chi connectivity index (χ0) is 20.2. The van der Waals surface area contributed by atoms with Crippen molar-refractivity contribution >= 4 is 23.4 Å². The van der Waals surface area contributed by atoms with Gasteiger partial charge in [-0.15, -0.1) is 10.2 Å². The van der Waals surface area contributed by atoms with Crippen molar-refractivity contribution in [3.8, 4) is 22.5 Å². The van der Waals surface area contributed by atoms with Crippen LogP contribution in [0.25, 0.3) is 22.5 Å². The van der Waals surface area contributed by atoms with Gasteiger partial charge >= 0.3 is 0 Å². The van der Waals surface area contributed by atoms with Crippen LogP contribution in [0.4, 0.5) is 0 Å². The first kappa shape index (κ1) is 19.6. The molecule has 0 aliphatic heterocycles. The number of thioether (sulfide) groups is 1. The molecule has 3 nitrogen and oxygen atoms in total. The van der Waals surface area contributed by atoms with E-state index >= 15 is 0 Å². The number of hydrogen-bond donors (Lipinski definition) is 0. The molecule has 0 atom stereocenters. The Morgan fingerprint density at radius 1 is 0.759 bits per heavy atom. The lowest BCUT2D eigenvalue weighted by atomic mass is 10.0. The molecule has 0 radical (unpaired) electrons. The molecule has 0 bridgehead atoms. The molecule has 0 N–H and O–H groups in total. The molecule has 1 heterocycles. The van der Waals surface area contributed by atoms with E-state index in [0.29, 0.717) is 5.16 Å². The second-order valence-electron chi connectivity index (χ2n) is 6.94. The van der Waals surface area contributed by atoms with Gasteiger partial charge in [0.25, 0.3) is 0 Å². The van der Waals surface area contributed by atoms with Crippen molar-refractivity contribution in [3.63, 3.8) is 0 Å². The highest BCUT2D eigenvalue weighted by molar-refractivity contribution is 7.98. The monoisotopic (exact) mass is 417 g/mol. The first-order valence-corrected chi connectivity index (χ1v) is 10.7. The summed E-state index contributed by atoms with van der Waals surface area (Å²) >= 11 is 7.65. The number of aromatic nitrogens is 3. The lowest BCUT2D eigenvalue weighted by Gasteiger charge is -2.10. The maximum atomic E-state index is 6.09. The van der Waals surface area contributed by atoms with Gasteiger partial charge < -0.3 is 0 Å². The molecule has 1 aromatic heterocycles. The lowest BCUT2D eigenvalue weighted by Crippen LogP contribution is -1.99. The van der Waals surface area contributed by atoms with Gasteiger partial charge in [0.2, 0.25) is 5.16 Å². The Morgan fingerprint density at radius 3 is 2.00 bits per heavy atom. The van der Waals surface area contributed by atoms with Crippen molar-refractivity contribution in [3.05, 3.63) is 94.5 Å². The molecule has 4 aromatic rings. The van der Waals surface area contributed by atoms with E-state index in [-0.39, 0.29) is 0 Å². The number of rotatable bonds is 5. The Balaban J connectivity index is 1.70. The van der Waals surface area contributed by atoms with Crippen LogP contribution >= 0.6 is 23.4 Å². The number of aryl methyl sites for hydroxylation is 2. The maximum Gasteiger partial charge on any atom is 0.210 e. The molecule has 0 aliphatic carbocycles. The number of hydrogen-bond acceptors (Lipinski definition) is 4. The van der Waals surface area contributed by atoms with E-state index < -0.39 is 0 Å². The molecule has 0 amide bonds. The highest BCUT2D eigenvalue weighted by atomic mass is 35.5. The van der Waals surface area contributed by atoms with Crippen molar-refractivity contribution in [1.82, 2.24) is 15.2 Å². The van der Waals surface area contributed by atoms with Crippen LogP contribution in [-0.4, -0.2) is 15.2 Å². The first-order chi connectivity index (χ1) is 14.1. The van der Waals surface area contributed by atoms with Gasteiger partial charge in [-0.25, -0.2) is 4.98 Å². The van der Waals surface area contributed by atoms with Crippen LogP contribution < -0.4 is 0 Å². The van der Waals surface area contributed by atoms with E-state index in [0.717, 1.165) is 38.9 Å². The summed E-state index contributed by atoms with van der Waals surface area (Å²) in [5.74, 6) is 0.736. The van der Waals surface area contributed by atoms with Crippen LogP contribution in [0.2, 0.25) is 5.02 Å². The molecule has 144 valence electrons. The largest absolute Gasteiger partial charge is 0.219 e. The predicted molar refractivity (Wildman–Crippen MR) is 121 cm³/mol.